The standard InChI is InChI=1S/C4H9BrO3/c5-8-4-3-7-2-1-6/h6H,1-4H2. The maximum absolute atomic E-state index is 8.19. The van der Waals surface area contributed by atoms with Crippen LogP contribution in [0.25, 0.3) is 0 Å². The van der Waals surface area contributed by atoms with Crippen molar-refractivity contribution in [3.63, 3.8) is 0 Å². The molecule has 0 aliphatic heterocycles. The van der Waals surface area contributed by atoms with Crippen LogP contribution in [0.5, 0.6) is 0 Å². The first-order valence-corrected chi connectivity index (χ1v) is 2.98. The quantitative estimate of drug-likeness (QED) is 0.627. The summed E-state index contributed by atoms with van der Waals surface area (Å²) in [5, 5.41) is 8.19. The summed E-state index contributed by atoms with van der Waals surface area (Å²) in [5.74, 6) is 0. The van der Waals surface area contributed by atoms with Gasteiger partial charge in [0.15, 0.2) is 0 Å². The highest BCUT2D eigenvalue weighted by Crippen LogP contribution is 1.82. The molecule has 0 amide bonds. The molecule has 0 aliphatic carbocycles. The molecule has 0 aromatic carbocycles. The number of halogens is 1. The Hall–Kier alpha value is 0.360. The number of ether oxygens (including phenoxy) is 1. The summed E-state index contributed by atoms with van der Waals surface area (Å²) in [6.45, 7) is 1.49. The summed E-state index contributed by atoms with van der Waals surface area (Å²) in [6.07, 6.45) is 0. The molecule has 0 rings (SSSR count). The molecule has 0 atom stereocenters. The minimum atomic E-state index is 0.0717. The highest BCUT2D eigenvalue weighted by atomic mass is 79.9. The van der Waals surface area contributed by atoms with Crippen LogP contribution in [0.1, 0.15) is 0 Å². The Morgan fingerprint density at radius 3 is 2.50 bits per heavy atom. The summed E-state index contributed by atoms with van der Waals surface area (Å²) in [5.41, 5.74) is 0. The van der Waals surface area contributed by atoms with E-state index in [4.69, 9.17) is 9.84 Å². The number of rotatable bonds is 5. The van der Waals surface area contributed by atoms with Crippen LogP contribution >= 0.6 is 16.3 Å². The first-order valence-electron chi connectivity index (χ1n) is 2.34. The van der Waals surface area contributed by atoms with E-state index in [0.29, 0.717) is 19.8 Å². The molecule has 0 unspecified atom stereocenters. The van der Waals surface area contributed by atoms with Crippen LogP contribution in [0.4, 0.5) is 0 Å². The van der Waals surface area contributed by atoms with E-state index in [-0.39, 0.29) is 6.61 Å². The molecule has 0 aliphatic rings. The second-order valence-corrected chi connectivity index (χ2v) is 1.61. The van der Waals surface area contributed by atoms with Crippen LogP contribution in [0.3, 0.4) is 0 Å². The average molecular weight is 185 g/mol. The highest BCUT2D eigenvalue weighted by Gasteiger charge is 1.83. The van der Waals surface area contributed by atoms with Crippen molar-refractivity contribution in [2.75, 3.05) is 26.4 Å². The van der Waals surface area contributed by atoms with Gasteiger partial charge in [-0.15, -0.1) is 0 Å². The fourth-order valence-electron chi connectivity index (χ4n) is 0.257. The van der Waals surface area contributed by atoms with Gasteiger partial charge in [-0.1, -0.05) is 0 Å². The number of aliphatic hydroxyl groups excluding tert-OH is 1. The van der Waals surface area contributed by atoms with Crippen molar-refractivity contribution in [3.8, 4) is 0 Å². The van der Waals surface area contributed by atoms with Gasteiger partial charge >= 0.3 is 0 Å². The minimum absolute atomic E-state index is 0.0717. The Morgan fingerprint density at radius 1 is 1.25 bits per heavy atom. The number of hydrogen-bond donors (Lipinski definition) is 1. The van der Waals surface area contributed by atoms with Crippen molar-refractivity contribution < 1.29 is 13.7 Å². The van der Waals surface area contributed by atoms with Gasteiger partial charge in [-0.25, -0.2) is 0 Å². The van der Waals surface area contributed by atoms with Gasteiger partial charge in [0.25, 0.3) is 0 Å². The molecule has 0 saturated heterocycles. The Labute approximate surface area is 57.0 Å². The minimum Gasteiger partial charge on any atom is -0.394 e. The van der Waals surface area contributed by atoms with Crippen LogP contribution < -0.4 is 0 Å². The van der Waals surface area contributed by atoms with Crippen molar-refractivity contribution in [2.24, 2.45) is 0 Å². The van der Waals surface area contributed by atoms with Crippen molar-refractivity contribution in [2.45, 2.75) is 0 Å². The largest absolute Gasteiger partial charge is 0.394 e. The molecule has 0 heterocycles. The van der Waals surface area contributed by atoms with Gasteiger partial charge in [-0.05, 0) is 0 Å². The molecule has 8 heavy (non-hydrogen) atoms. The van der Waals surface area contributed by atoms with Gasteiger partial charge in [-0.3, -0.25) is 0 Å². The zero-order chi connectivity index (χ0) is 6.24. The molecular weight excluding hydrogens is 176 g/mol. The molecule has 3 nitrogen and oxygen atoms in total. The van der Waals surface area contributed by atoms with Crippen LogP contribution in [0, 0.1) is 0 Å². The van der Waals surface area contributed by atoms with Crippen LogP contribution in [-0.4, -0.2) is 31.5 Å². The monoisotopic (exact) mass is 184 g/mol. The van der Waals surface area contributed by atoms with Gasteiger partial charge in [0.1, 0.15) is 0 Å². The Morgan fingerprint density at radius 2 is 2.00 bits per heavy atom. The average Bonchev–Trinajstić information content (AvgIpc) is 1.81. The SMILES string of the molecule is OCCOCCOBr. The first kappa shape index (κ1) is 8.36. The van der Waals surface area contributed by atoms with Gasteiger partial charge < -0.3 is 13.7 Å². The van der Waals surface area contributed by atoms with Gasteiger partial charge in [0.2, 0.25) is 0 Å². The molecular formula is C4H9BrO3. The highest BCUT2D eigenvalue weighted by molar-refractivity contribution is 9.06. The second kappa shape index (κ2) is 7.36. The lowest BCUT2D eigenvalue weighted by molar-refractivity contribution is 0.0766. The molecule has 0 bridgehead atoms. The molecule has 50 valence electrons. The third-order valence-corrected chi connectivity index (χ3v) is 0.864. The zero-order valence-corrected chi connectivity index (χ0v) is 6.06. The van der Waals surface area contributed by atoms with Crippen molar-refractivity contribution in [1.82, 2.24) is 0 Å². The Bertz CT molecular complexity index is 36.3. The number of aliphatic hydroxyl groups is 1. The van der Waals surface area contributed by atoms with Crippen molar-refractivity contribution in [1.29, 1.82) is 0 Å². The van der Waals surface area contributed by atoms with Crippen molar-refractivity contribution in [3.05, 3.63) is 0 Å². The van der Waals surface area contributed by atoms with E-state index in [1.165, 1.54) is 0 Å². The maximum Gasteiger partial charge on any atom is 0.0988 e. The van der Waals surface area contributed by atoms with Crippen LogP contribution in [-0.2, 0) is 8.57 Å². The molecule has 0 aromatic heterocycles. The van der Waals surface area contributed by atoms with Gasteiger partial charge in [-0.2, -0.15) is 0 Å². The van der Waals surface area contributed by atoms with Crippen molar-refractivity contribution >= 4 is 16.3 Å². The lowest BCUT2D eigenvalue weighted by atomic mass is 10.7. The Kier molecular flexibility index (Phi) is 7.69. The first-order chi connectivity index (χ1) is 3.91. The van der Waals surface area contributed by atoms with Crippen LogP contribution in [0.2, 0.25) is 0 Å². The Balaban J connectivity index is 2.53. The normalized spacial score (nSPS) is 9.75. The number of hydrogen-bond acceptors (Lipinski definition) is 3. The smallest absolute Gasteiger partial charge is 0.0988 e. The fraction of sp³-hybridized carbons (Fsp3) is 1.00. The predicted molar refractivity (Wildman–Crippen MR) is 32.8 cm³/mol. The van der Waals surface area contributed by atoms with E-state index in [9.17, 15) is 0 Å². The maximum atomic E-state index is 8.19. The lowest BCUT2D eigenvalue weighted by Gasteiger charge is -1.96. The van der Waals surface area contributed by atoms with E-state index in [1.807, 2.05) is 0 Å². The summed E-state index contributed by atoms with van der Waals surface area (Å²) < 4.78 is 9.31. The lowest BCUT2D eigenvalue weighted by Crippen LogP contribution is -2.03. The summed E-state index contributed by atoms with van der Waals surface area (Å²) in [6, 6.07) is 0. The molecule has 0 aromatic rings. The molecule has 4 heteroatoms. The third kappa shape index (κ3) is 6.36. The van der Waals surface area contributed by atoms with E-state index in [2.05, 4.69) is 20.1 Å². The zero-order valence-electron chi connectivity index (χ0n) is 4.47. The molecule has 1 N–H and O–H groups in total. The summed E-state index contributed by atoms with van der Waals surface area (Å²) in [7, 11) is 0. The summed E-state index contributed by atoms with van der Waals surface area (Å²) >= 11 is 2.76. The van der Waals surface area contributed by atoms with Gasteiger partial charge in [0, 0.05) is 0 Å². The topological polar surface area (TPSA) is 38.7 Å². The van der Waals surface area contributed by atoms with Crippen LogP contribution in [0.15, 0.2) is 0 Å². The molecule has 0 spiro atoms. The van der Waals surface area contributed by atoms with E-state index < -0.39 is 0 Å². The van der Waals surface area contributed by atoms with Gasteiger partial charge in [0.05, 0.1) is 42.7 Å². The molecule has 0 saturated carbocycles. The molecule has 0 radical (unpaired) electrons. The fourth-order valence-corrected chi connectivity index (χ4v) is 0.389. The third-order valence-electron chi connectivity index (χ3n) is 0.540. The van der Waals surface area contributed by atoms with E-state index >= 15 is 0 Å². The van der Waals surface area contributed by atoms with E-state index in [1.54, 1.807) is 0 Å². The predicted octanol–water partition coefficient (Wildman–Crippen LogP) is 0.322. The van der Waals surface area contributed by atoms with E-state index in [0.717, 1.165) is 0 Å². The summed E-state index contributed by atoms with van der Waals surface area (Å²) in [4.78, 5) is 0. The second-order valence-electron chi connectivity index (χ2n) is 1.15. The molecule has 0 fully saturated rings.